The van der Waals surface area contributed by atoms with E-state index < -0.39 is 5.91 Å². The summed E-state index contributed by atoms with van der Waals surface area (Å²) in [5.41, 5.74) is 1.89. The van der Waals surface area contributed by atoms with E-state index in [1.165, 1.54) is 37.3 Å². The Balaban J connectivity index is 1.77. The van der Waals surface area contributed by atoms with E-state index in [0.29, 0.717) is 33.0 Å². The molecule has 3 aromatic rings. The summed E-state index contributed by atoms with van der Waals surface area (Å²) in [5, 5.41) is 9.56. The summed E-state index contributed by atoms with van der Waals surface area (Å²) in [6.45, 7) is 2.71. The second-order valence-electron chi connectivity index (χ2n) is 6.66. The van der Waals surface area contributed by atoms with E-state index in [2.05, 4.69) is 20.9 Å². The van der Waals surface area contributed by atoms with Gasteiger partial charge in [-0.05, 0) is 42.0 Å². The monoisotopic (exact) mass is 476 g/mol. The number of hydrogen-bond acceptors (Lipinski definition) is 5. The first-order chi connectivity index (χ1) is 14.7. The predicted octanol–water partition coefficient (Wildman–Crippen LogP) is 5.21. The van der Waals surface area contributed by atoms with Crippen molar-refractivity contribution in [3.8, 4) is 0 Å². The second kappa shape index (κ2) is 9.91. The fourth-order valence-corrected chi connectivity index (χ4v) is 4.00. The van der Waals surface area contributed by atoms with Gasteiger partial charge in [-0.2, -0.15) is 0 Å². The van der Waals surface area contributed by atoms with Crippen molar-refractivity contribution in [1.29, 1.82) is 0 Å². The number of carbonyl (C=O) groups is 3. The minimum Gasteiger partial charge on any atom is -0.326 e. The third-order valence-corrected chi connectivity index (χ3v) is 5.50. The number of aromatic nitrogens is 1. The zero-order chi connectivity index (χ0) is 22.5. The lowest BCUT2D eigenvalue weighted by Gasteiger charge is -2.10. The highest BCUT2D eigenvalue weighted by atomic mass is 35.5. The quantitative estimate of drug-likeness (QED) is 0.454. The molecule has 0 atom stereocenters. The lowest BCUT2D eigenvalue weighted by atomic mass is 10.1. The first-order valence-electron chi connectivity index (χ1n) is 9.10. The van der Waals surface area contributed by atoms with E-state index in [1.807, 2.05) is 0 Å². The van der Waals surface area contributed by atoms with Crippen LogP contribution >= 0.6 is 34.5 Å². The maximum absolute atomic E-state index is 12.7. The Hall–Kier alpha value is -2.94. The molecule has 31 heavy (non-hydrogen) atoms. The Morgan fingerprint density at radius 3 is 2.19 bits per heavy atom. The maximum Gasteiger partial charge on any atom is 0.257 e. The van der Waals surface area contributed by atoms with Crippen LogP contribution in [0, 0.1) is 0 Å². The van der Waals surface area contributed by atoms with Gasteiger partial charge in [-0.15, -0.1) is 11.3 Å². The number of benzene rings is 2. The van der Waals surface area contributed by atoms with Crippen molar-refractivity contribution in [3.63, 3.8) is 0 Å². The molecule has 3 N–H and O–H groups in total. The molecule has 0 fully saturated rings. The Labute approximate surface area is 192 Å². The number of carbonyl (C=O) groups excluding carboxylic acids is 3. The zero-order valence-corrected chi connectivity index (χ0v) is 18.9. The van der Waals surface area contributed by atoms with Crippen LogP contribution in [-0.4, -0.2) is 22.7 Å². The Bertz CT molecular complexity index is 1130. The Morgan fingerprint density at radius 1 is 0.935 bits per heavy atom. The van der Waals surface area contributed by atoms with Crippen molar-refractivity contribution < 1.29 is 14.4 Å². The summed E-state index contributed by atoms with van der Waals surface area (Å²) in [6.07, 6.45) is 2.19. The van der Waals surface area contributed by atoms with Crippen molar-refractivity contribution in [2.75, 3.05) is 16.0 Å². The van der Waals surface area contributed by atoms with Crippen LogP contribution in [0.4, 0.5) is 16.5 Å². The van der Waals surface area contributed by atoms with Crippen LogP contribution in [0.3, 0.4) is 0 Å². The van der Waals surface area contributed by atoms with E-state index in [4.69, 9.17) is 23.2 Å². The van der Waals surface area contributed by atoms with Crippen molar-refractivity contribution >= 4 is 68.8 Å². The molecule has 0 aliphatic carbocycles. The van der Waals surface area contributed by atoms with E-state index >= 15 is 0 Å². The van der Waals surface area contributed by atoms with Gasteiger partial charge in [-0.1, -0.05) is 23.2 Å². The molecule has 0 saturated carbocycles. The van der Waals surface area contributed by atoms with Crippen LogP contribution in [0.2, 0.25) is 10.0 Å². The van der Waals surface area contributed by atoms with Crippen molar-refractivity contribution in [3.05, 3.63) is 68.6 Å². The smallest absolute Gasteiger partial charge is 0.257 e. The number of amides is 3. The summed E-state index contributed by atoms with van der Waals surface area (Å²) >= 11 is 13.6. The van der Waals surface area contributed by atoms with Gasteiger partial charge < -0.3 is 10.6 Å². The van der Waals surface area contributed by atoms with Gasteiger partial charge in [-0.25, -0.2) is 4.98 Å². The molecule has 0 radical (unpaired) electrons. The first kappa shape index (κ1) is 22.7. The highest BCUT2D eigenvalue weighted by molar-refractivity contribution is 7.15. The van der Waals surface area contributed by atoms with Gasteiger partial charge in [0.05, 0.1) is 0 Å². The number of anilines is 3. The summed E-state index contributed by atoms with van der Waals surface area (Å²) in [4.78, 5) is 40.7. The molecule has 1 aromatic heterocycles. The number of nitrogens with zero attached hydrogens (tertiary/aromatic N) is 1. The number of rotatable bonds is 6. The van der Waals surface area contributed by atoms with E-state index in [9.17, 15) is 14.4 Å². The van der Waals surface area contributed by atoms with Crippen LogP contribution in [0.15, 0.2) is 42.6 Å². The number of halogens is 2. The average Bonchev–Trinajstić information content (AvgIpc) is 3.10. The van der Waals surface area contributed by atoms with Crippen molar-refractivity contribution in [2.24, 2.45) is 0 Å². The van der Waals surface area contributed by atoms with Crippen LogP contribution in [0.25, 0.3) is 0 Å². The molecule has 1 heterocycles. The topological polar surface area (TPSA) is 100 Å². The van der Waals surface area contributed by atoms with Crippen molar-refractivity contribution in [1.82, 2.24) is 4.98 Å². The lowest BCUT2D eigenvalue weighted by Crippen LogP contribution is -2.15. The molecular formula is C21H18Cl2N4O3S. The second-order valence-corrected chi connectivity index (χ2v) is 8.62. The standard InChI is InChI=1S/C21H18Cl2N4O3S/c1-11(28)25-16-6-14(7-17(9-16)26-12(2)29)20(30)27-21-24-10-18(31-21)8-13-5-15(22)3-4-19(13)23/h3-7,9-10H,8H2,1-2H3,(H,25,28)(H,26,29)(H,24,27,30). The molecule has 2 aromatic carbocycles. The first-order valence-corrected chi connectivity index (χ1v) is 10.7. The minimum atomic E-state index is -0.430. The van der Waals surface area contributed by atoms with Crippen LogP contribution < -0.4 is 16.0 Å². The molecule has 160 valence electrons. The van der Waals surface area contributed by atoms with Gasteiger partial charge in [-0.3, -0.25) is 19.7 Å². The number of hydrogen-bond donors (Lipinski definition) is 3. The van der Waals surface area contributed by atoms with Crippen molar-refractivity contribution in [2.45, 2.75) is 20.3 Å². The van der Waals surface area contributed by atoms with Gasteiger partial charge in [0.15, 0.2) is 5.13 Å². The fraction of sp³-hybridized carbons (Fsp3) is 0.143. The minimum absolute atomic E-state index is 0.254. The Morgan fingerprint density at radius 2 is 1.58 bits per heavy atom. The molecule has 0 unspecified atom stereocenters. The molecule has 0 saturated heterocycles. The molecule has 3 rings (SSSR count). The van der Waals surface area contributed by atoms with Crippen LogP contribution in [0.5, 0.6) is 0 Å². The predicted molar refractivity (Wildman–Crippen MR) is 124 cm³/mol. The summed E-state index contributed by atoms with van der Waals surface area (Å²) in [5.74, 6) is -1.02. The van der Waals surface area contributed by atoms with Crippen LogP contribution in [0.1, 0.15) is 34.6 Å². The van der Waals surface area contributed by atoms with E-state index in [-0.39, 0.29) is 17.4 Å². The number of thiazole rings is 1. The summed E-state index contributed by atoms with van der Waals surface area (Å²) in [6, 6.07) is 9.84. The SMILES string of the molecule is CC(=O)Nc1cc(NC(C)=O)cc(C(=O)Nc2ncc(Cc3cc(Cl)ccc3Cl)s2)c1. The molecular weight excluding hydrogens is 459 g/mol. The molecule has 0 aliphatic heterocycles. The maximum atomic E-state index is 12.7. The van der Waals surface area contributed by atoms with Crippen LogP contribution in [-0.2, 0) is 16.0 Å². The molecule has 0 bridgehead atoms. The van der Waals surface area contributed by atoms with Gasteiger partial charge >= 0.3 is 0 Å². The normalized spacial score (nSPS) is 10.5. The average molecular weight is 477 g/mol. The molecule has 0 aliphatic rings. The molecule has 7 nitrogen and oxygen atoms in total. The van der Waals surface area contributed by atoms with E-state index in [0.717, 1.165) is 10.4 Å². The molecule has 0 spiro atoms. The third-order valence-electron chi connectivity index (χ3n) is 3.98. The molecule has 10 heteroatoms. The third kappa shape index (κ3) is 6.52. The lowest BCUT2D eigenvalue weighted by molar-refractivity contribution is -0.115. The zero-order valence-electron chi connectivity index (χ0n) is 16.6. The van der Waals surface area contributed by atoms with Gasteiger partial charge in [0.1, 0.15) is 0 Å². The van der Waals surface area contributed by atoms with Gasteiger partial charge in [0.2, 0.25) is 11.8 Å². The summed E-state index contributed by atoms with van der Waals surface area (Å²) in [7, 11) is 0. The summed E-state index contributed by atoms with van der Waals surface area (Å²) < 4.78 is 0. The van der Waals surface area contributed by atoms with Gasteiger partial charge in [0, 0.05) is 58.3 Å². The van der Waals surface area contributed by atoms with E-state index in [1.54, 1.807) is 30.5 Å². The van der Waals surface area contributed by atoms with Gasteiger partial charge in [0.25, 0.3) is 5.91 Å². The highest BCUT2D eigenvalue weighted by Gasteiger charge is 2.13. The largest absolute Gasteiger partial charge is 0.326 e. The number of nitrogens with one attached hydrogen (secondary N) is 3. The fourth-order valence-electron chi connectivity index (χ4n) is 2.79. The molecule has 3 amide bonds. The highest BCUT2D eigenvalue weighted by Crippen LogP contribution is 2.27. The Kier molecular flexibility index (Phi) is 7.27.